The van der Waals surface area contributed by atoms with Crippen LogP contribution in [0.25, 0.3) is 0 Å². The predicted molar refractivity (Wildman–Crippen MR) is 68.3 cm³/mol. The van der Waals surface area contributed by atoms with Crippen LogP contribution in [0.3, 0.4) is 0 Å². The SMILES string of the molecule is COc1ccc([C@@H](C)N[C@@]2(C)CCOC2)c(F)c1. The van der Waals surface area contributed by atoms with E-state index < -0.39 is 0 Å². The molecule has 1 aromatic carbocycles. The van der Waals surface area contributed by atoms with E-state index in [0.29, 0.717) is 17.9 Å². The first-order chi connectivity index (χ1) is 8.54. The van der Waals surface area contributed by atoms with E-state index in [1.165, 1.54) is 13.2 Å². The third-order valence-electron chi connectivity index (χ3n) is 3.46. The van der Waals surface area contributed by atoms with Gasteiger partial charge in [0.15, 0.2) is 0 Å². The van der Waals surface area contributed by atoms with Crippen LogP contribution < -0.4 is 10.1 Å². The second kappa shape index (κ2) is 5.24. The zero-order valence-corrected chi connectivity index (χ0v) is 11.1. The smallest absolute Gasteiger partial charge is 0.131 e. The average molecular weight is 253 g/mol. The van der Waals surface area contributed by atoms with Gasteiger partial charge in [-0.15, -0.1) is 0 Å². The number of nitrogens with one attached hydrogen (secondary N) is 1. The van der Waals surface area contributed by atoms with Crippen molar-refractivity contribution in [1.82, 2.24) is 5.32 Å². The lowest BCUT2D eigenvalue weighted by Gasteiger charge is -2.28. The Bertz CT molecular complexity index is 416. The first kappa shape index (κ1) is 13.3. The number of hydrogen-bond donors (Lipinski definition) is 1. The molecule has 100 valence electrons. The van der Waals surface area contributed by atoms with Gasteiger partial charge in [0.2, 0.25) is 0 Å². The van der Waals surface area contributed by atoms with Crippen molar-refractivity contribution in [3.8, 4) is 5.75 Å². The molecule has 0 aliphatic carbocycles. The molecule has 1 saturated heterocycles. The lowest BCUT2D eigenvalue weighted by atomic mass is 9.98. The molecule has 1 aliphatic rings. The monoisotopic (exact) mass is 253 g/mol. The quantitative estimate of drug-likeness (QED) is 0.895. The van der Waals surface area contributed by atoms with Crippen molar-refractivity contribution >= 4 is 0 Å². The first-order valence-corrected chi connectivity index (χ1v) is 6.23. The molecule has 3 nitrogen and oxygen atoms in total. The maximum Gasteiger partial charge on any atom is 0.131 e. The molecule has 1 heterocycles. The van der Waals surface area contributed by atoms with Crippen LogP contribution in [0.1, 0.15) is 31.9 Å². The Hall–Kier alpha value is -1.13. The van der Waals surface area contributed by atoms with Gasteiger partial charge in [-0.3, -0.25) is 0 Å². The highest BCUT2D eigenvalue weighted by molar-refractivity contribution is 5.30. The zero-order chi connectivity index (χ0) is 13.2. The van der Waals surface area contributed by atoms with Crippen molar-refractivity contribution in [1.29, 1.82) is 0 Å². The molecule has 1 aliphatic heterocycles. The summed E-state index contributed by atoms with van der Waals surface area (Å²) in [6.07, 6.45) is 0.953. The third-order valence-corrected chi connectivity index (χ3v) is 3.46. The fourth-order valence-electron chi connectivity index (χ4n) is 2.37. The second-order valence-corrected chi connectivity index (χ2v) is 5.12. The highest BCUT2D eigenvalue weighted by atomic mass is 19.1. The maximum atomic E-state index is 13.9. The van der Waals surface area contributed by atoms with E-state index in [1.54, 1.807) is 12.1 Å². The Morgan fingerprint density at radius 3 is 2.83 bits per heavy atom. The molecule has 2 rings (SSSR count). The number of ether oxygens (including phenoxy) is 2. The van der Waals surface area contributed by atoms with E-state index in [2.05, 4.69) is 12.2 Å². The molecule has 0 radical (unpaired) electrons. The number of methoxy groups -OCH3 is 1. The summed E-state index contributed by atoms with van der Waals surface area (Å²) >= 11 is 0. The Kier molecular flexibility index (Phi) is 3.88. The molecule has 0 spiro atoms. The lowest BCUT2D eigenvalue weighted by Crippen LogP contribution is -2.44. The molecular weight excluding hydrogens is 233 g/mol. The fraction of sp³-hybridized carbons (Fsp3) is 0.571. The van der Waals surface area contributed by atoms with Crippen molar-refractivity contribution in [3.05, 3.63) is 29.6 Å². The van der Waals surface area contributed by atoms with E-state index >= 15 is 0 Å². The minimum atomic E-state index is -0.239. The lowest BCUT2D eigenvalue weighted by molar-refractivity contribution is 0.167. The summed E-state index contributed by atoms with van der Waals surface area (Å²) in [5.74, 6) is 0.302. The van der Waals surface area contributed by atoms with Crippen molar-refractivity contribution in [2.45, 2.75) is 31.8 Å². The van der Waals surface area contributed by atoms with Crippen molar-refractivity contribution in [2.24, 2.45) is 0 Å². The number of benzene rings is 1. The van der Waals surface area contributed by atoms with E-state index in [1.807, 2.05) is 6.92 Å². The van der Waals surface area contributed by atoms with Crippen LogP contribution in [0.4, 0.5) is 4.39 Å². The summed E-state index contributed by atoms with van der Waals surface area (Å²) in [4.78, 5) is 0. The topological polar surface area (TPSA) is 30.5 Å². The van der Waals surface area contributed by atoms with Crippen molar-refractivity contribution in [3.63, 3.8) is 0 Å². The van der Waals surface area contributed by atoms with Crippen molar-refractivity contribution < 1.29 is 13.9 Å². The van der Waals surface area contributed by atoms with E-state index in [0.717, 1.165) is 13.0 Å². The van der Waals surface area contributed by atoms with Gasteiger partial charge in [0.05, 0.1) is 13.7 Å². The van der Waals surface area contributed by atoms with Gasteiger partial charge in [-0.2, -0.15) is 0 Å². The fourth-order valence-corrected chi connectivity index (χ4v) is 2.37. The van der Waals surface area contributed by atoms with Gasteiger partial charge in [-0.25, -0.2) is 4.39 Å². The molecule has 0 bridgehead atoms. The van der Waals surface area contributed by atoms with Crippen LogP contribution in [0.2, 0.25) is 0 Å². The van der Waals surface area contributed by atoms with E-state index in [4.69, 9.17) is 9.47 Å². The van der Waals surface area contributed by atoms with E-state index in [-0.39, 0.29) is 17.4 Å². The van der Waals surface area contributed by atoms with Gasteiger partial charge in [-0.1, -0.05) is 6.07 Å². The highest BCUT2D eigenvalue weighted by Gasteiger charge is 2.31. The summed E-state index contributed by atoms with van der Waals surface area (Å²) in [6.45, 7) is 5.52. The van der Waals surface area contributed by atoms with Gasteiger partial charge in [0.25, 0.3) is 0 Å². The number of hydrogen-bond acceptors (Lipinski definition) is 3. The molecule has 2 atom stereocenters. The minimum Gasteiger partial charge on any atom is -0.497 e. The predicted octanol–water partition coefficient (Wildman–Crippen LogP) is 2.66. The molecule has 0 aromatic heterocycles. The minimum absolute atomic E-state index is 0.0531. The summed E-state index contributed by atoms with van der Waals surface area (Å²) in [5, 5.41) is 3.44. The van der Waals surface area contributed by atoms with Crippen LogP contribution in [0.15, 0.2) is 18.2 Å². The van der Waals surface area contributed by atoms with Gasteiger partial charge in [0.1, 0.15) is 11.6 Å². The molecule has 0 unspecified atom stereocenters. The van der Waals surface area contributed by atoms with Crippen LogP contribution >= 0.6 is 0 Å². The summed E-state index contributed by atoms with van der Waals surface area (Å²) in [6, 6.07) is 4.92. The zero-order valence-electron chi connectivity index (χ0n) is 11.1. The Morgan fingerprint density at radius 1 is 1.50 bits per heavy atom. The van der Waals surface area contributed by atoms with Gasteiger partial charge in [0, 0.05) is 29.8 Å². The number of rotatable bonds is 4. The summed E-state index contributed by atoms with van der Waals surface area (Å²) in [7, 11) is 1.53. The Morgan fingerprint density at radius 2 is 2.28 bits per heavy atom. The first-order valence-electron chi connectivity index (χ1n) is 6.23. The van der Waals surface area contributed by atoms with Crippen LogP contribution in [0, 0.1) is 5.82 Å². The van der Waals surface area contributed by atoms with E-state index in [9.17, 15) is 4.39 Å². The molecule has 0 amide bonds. The third kappa shape index (κ3) is 2.82. The maximum absolute atomic E-state index is 13.9. The summed E-state index contributed by atoms with van der Waals surface area (Å²) < 4.78 is 24.3. The largest absolute Gasteiger partial charge is 0.497 e. The van der Waals surface area contributed by atoms with Crippen LogP contribution in [-0.2, 0) is 4.74 Å². The normalized spacial score (nSPS) is 25.1. The molecule has 1 aromatic rings. The molecule has 18 heavy (non-hydrogen) atoms. The standard InChI is InChI=1S/C14H20FNO2/c1-10(16-14(2)6-7-18-9-14)12-5-4-11(17-3)8-13(12)15/h4-5,8,10,16H,6-7,9H2,1-3H3/t10-,14+/m1/s1. The van der Waals surface area contributed by atoms with Gasteiger partial charge < -0.3 is 14.8 Å². The highest BCUT2D eigenvalue weighted by Crippen LogP contribution is 2.26. The van der Waals surface area contributed by atoms with Gasteiger partial charge in [-0.05, 0) is 26.3 Å². The second-order valence-electron chi connectivity index (χ2n) is 5.12. The average Bonchev–Trinajstić information content (AvgIpc) is 2.75. The van der Waals surface area contributed by atoms with Crippen LogP contribution in [0.5, 0.6) is 5.75 Å². The van der Waals surface area contributed by atoms with Crippen LogP contribution in [-0.4, -0.2) is 25.9 Å². The van der Waals surface area contributed by atoms with Crippen molar-refractivity contribution in [2.75, 3.05) is 20.3 Å². The molecule has 4 heteroatoms. The molecular formula is C14H20FNO2. The Labute approximate surface area is 107 Å². The molecule has 0 saturated carbocycles. The number of halogens is 1. The molecule has 1 N–H and O–H groups in total. The Balaban J connectivity index is 2.11. The van der Waals surface area contributed by atoms with Gasteiger partial charge >= 0.3 is 0 Å². The molecule has 1 fully saturated rings. The summed E-state index contributed by atoms with van der Waals surface area (Å²) in [5.41, 5.74) is 0.593.